The van der Waals surface area contributed by atoms with Crippen LogP contribution in [0.5, 0.6) is 0 Å². The molecule has 0 fully saturated rings. The number of hydrogen-bond donors (Lipinski definition) is 0. The number of benzene rings is 10. The summed E-state index contributed by atoms with van der Waals surface area (Å²) in [5.41, 5.74) is 9.28. The quantitative estimate of drug-likeness (QED) is 0.170. The van der Waals surface area contributed by atoms with Crippen LogP contribution in [0.25, 0.3) is 91.1 Å². The van der Waals surface area contributed by atoms with Crippen molar-refractivity contribution in [1.82, 2.24) is 4.57 Å². The van der Waals surface area contributed by atoms with Gasteiger partial charge < -0.3 is 9.47 Å². The molecule has 0 atom stereocenters. The maximum absolute atomic E-state index is 2.43. The van der Waals surface area contributed by atoms with Crippen LogP contribution in [0.4, 0.5) is 17.1 Å². The van der Waals surface area contributed by atoms with Crippen molar-refractivity contribution in [2.75, 3.05) is 4.90 Å². The third-order valence-electron chi connectivity index (χ3n) is 11.7. The smallest absolute Gasteiger partial charge is 0.0561 e. The zero-order valence-corrected chi connectivity index (χ0v) is 31.7. The van der Waals surface area contributed by atoms with E-state index < -0.39 is 0 Å². The number of anilines is 3. The summed E-state index contributed by atoms with van der Waals surface area (Å²) >= 11 is 1.87. The Morgan fingerprint density at radius 1 is 0.316 bits per heavy atom. The first kappa shape index (κ1) is 32.1. The summed E-state index contributed by atoms with van der Waals surface area (Å²) in [4.78, 5) is 2.43. The van der Waals surface area contributed by atoms with Crippen LogP contribution in [0.15, 0.2) is 206 Å². The fourth-order valence-electron chi connectivity index (χ4n) is 8.89. The van der Waals surface area contributed by atoms with Gasteiger partial charge in [0.25, 0.3) is 0 Å². The van der Waals surface area contributed by atoms with Crippen molar-refractivity contribution in [2.45, 2.75) is 0 Å². The minimum atomic E-state index is 1.11. The highest BCUT2D eigenvalue weighted by atomic mass is 32.1. The van der Waals surface area contributed by atoms with Crippen molar-refractivity contribution < 1.29 is 0 Å². The zero-order chi connectivity index (χ0) is 37.5. The van der Waals surface area contributed by atoms with Crippen LogP contribution >= 0.6 is 11.3 Å². The lowest BCUT2D eigenvalue weighted by Gasteiger charge is -2.26. The molecule has 0 bridgehead atoms. The first-order valence-electron chi connectivity index (χ1n) is 19.5. The average Bonchev–Trinajstić information content (AvgIpc) is 3.78. The van der Waals surface area contributed by atoms with Crippen molar-refractivity contribution in [3.8, 4) is 16.8 Å². The lowest BCUT2D eigenvalue weighted by molar-refractivity contribution is 1.18. The minimum absolute atomic E-state index is 1.11. The van der Waals surface area contributed by atoms with Gasteiger partial charge in [-0.2, -0.15) is 0 Å². The van der Waals surface area contributed by atoms with E-state index in [9.17, 15) is 0 Å². The van der Waals surface area contributed by atoms with Crippen molar-refractivity contribution >= 4 is 103 Å². The molecule has 3 heteroatoms. The Balaban J connectivity index is 1.08. The first-order valence-corrected chi connectivity index (χ1v) is 20.3. The molecule has 266 valence electrons. The summed E-state index contributed by atoms with van der Waals surface area (Å²) < 4.78 is 5.04. The SMILES string of the molecule is c1ccc(-n2c3cc(N(c4ccc(-c5ccc6ccccc6c5)cc4)c4ccc5sc6cc7ccccc7cc6c5c4)ccc3c3cc4ccccc4cc32)cc1. The number of hydrogen-bond acceptors (Lipinski definition) is 2. The number of nitrogens with zero attached hydrogens (tertiary/aromatic N) is 2. The molecule has 12 rings (SSSR count). The molecular formula is C54H34N2S. The molecule has 57 heavy (non-hydrogen) atoms. The van der Waals surface area contributed by atoms with Gasteiger partial charge in [0.2, 0.25) is 0 Å². The van der Waals surface area contributed by atoms with Gasteiger partial charge in [-0.3, -0.25) is 0 Å². The minimum Gasteiger partial charge on any atom is -0.310 e. The van der Waals surface area contributed by atoms with E-state index in [1.165, 1.54) is 85.4 Å². The van der Waals surface area contributed by atoms with Gasteiger partial charge >= 0.3 is 0 Å². The summed E-state index contributed by atoms with van der Waals surface area (Å²) in [6.45, 7) is 0. The molecule has 0 saturated carbocycles. The van der Waals surface area contributed by atoms with E-state index in [0.29, 0.717) is 0 Å². The fourth-order valence-corrected chi connectivity index (χ4v) is 10.0. The molecule has 2 heterocycles. The van der Waals surface area contributed by atoms with E-state index in [4.69, 9.17) is 0 Å². The second-order valence-electron chi connectivity index (χ2n) is 15.0. The standard InChI is InChI=1S/C54H34N2S/c1-2-16-43(17-3-1)56-51-31-40-14-8-6-12-38(40)29-48(51)47-26-24-46(34-52(47)56)55(44-22-20-36(21-23-44)42-19-18-35-10-4-5-11-37(35)28-42)45-25-27-53-50(33-45)49-30-39-13-7-9-15-41(39)32-54(49)57-53/h1-34H. The second kappa shape index (κ2) is 12.7. The van der Waals surface area contributed by atoms with Gasteiger partial charge in [-0.1, -0.05) is 121 Å². The van der Waals surface area contributed by atoms with E-state index in [1.807, 2.05) is 11.3 Å². The monoisotopic (exact) mass is 742 g/mol. The lowest BCUT2D eigenvalue weighted by atomic mass is 10.0. The molecule has 0 aliphatic rings. The lowest BCUT2D eigenvalue weighted by Crippen LogP contribution is -2.10. The molecule has 0 radical (unpaired) electrons. The highest BCUT2D eigenvalue weighted by Crippen LogP contribution is 2.44. The van der Waals surface area contributed by atoms with Crippen LogP contribution < -0.4 is 4.90 Å². The highest BCUT2D eigenvalue weighted by Gasteiger charge is 2.20. The van der Waals surface area contributed by atoms with Crippen LogP contribution in [0.3, 0.4) is 0 Å². The third kappa shape index (κ3) is 5.24. The Morgan fingerprint density at radius 3 is 1.61 bits per heavy atom. The molecule has 0 aliphatic heterocycles. The van der Waals surface area contributed by atoms with E-state index >= 15 is 0 Å². The van der Waals surface area contributed by atoms with Crippen LogP contribution in [0, 0.1) is 0 Å². The number of aromatic nitrogens is 1. The summed E-state index contributed by atoms with van der Waals surface area (Å²) in [6, 6.07) is 75.9. The Bertz CT molecular complexity index is 3520. The van der Waals surface area contributed by atoms with Crippen LogP contribution in [0.1, 0.15) is 0 Å². The van der Waals surface area contributed by atoms with Crippen molar-refractivity contribution in [1.29, 1.82) is 0 Å². The van der Waals surface area contributed by atoms with Gasteiger partial charge in [0.05, 0.1) is 11.0 Å². The van der Waals surface area contributed by atoms with Gasteiger partial charge in [-0.05, 0) is 128 Å². The normalized spacial score (nSPS) is 11.9. The van der Waals surface area contributed by atoms with Gasteiger partial charge in [-0.15, -0.1) is 11.3 Å². The number of para-hydroxylation sites is 1. The largest absolute Gasteiger partial charge is 0.310 e. The van der Waals surface area contributed by atoms with Crippen molar-refractivity contribution in [2.24, 2.45) is 0 Å². The van der Waals surface area contributed by atoms with E-state index in [0.717, 1.165) is 22.7 Å². The molecule has 0 spiro atoms. The molecule has 0 aliphatic carbocycles. The van der Waals surface area contributed by atoms with Crippen molar-refractivity contribution in [3.63, 3.8) is 0 Å². The second-order valence-corrected chi connectivity index (χ2v) is 16.1. The van der Waals surface area contributed by atoms with Crippen LogP contribution in [-0.4, -0.2) is 4.57 Å². The van der Waals surface area contributed by atoms with Gasteiger partial charge in [0.15, 0.2) is 0 Å². The first-order chi connectivity index (χ1) is 28.2. The summed E-state index contributed by atoms with van der Waals surface area (Å²) in [5, 5.41) is 12.6. The van der Waals surface area contributed by atoms with Crippen LogP contribution in [0.2, 0.25) is 0 Å². The van der Waals surface area contributed by atoms with E-state index in [2.05, 4.69) is 216 Å². The van der Waals surface area contributed by atoms with Gasteiger partial charge in [-0.25, -0.2) is 0 Å². The van der Waals surface area contributed by atoms with E-state index in [-0.39, 0.29) is 0 Å². The number of thiophene rings is 1. The van der Waals surface area contributed by atoms with E-state index in [1.54, 1.807) is 0 Å². The Hall–Kier alpha value is -7.20. The summed E-state index contributed by atoms with van der Waals surface area (Å²) in [6.07, 6.45) is 0. The molecule has 12 aromatic rings. The Morgan fingerprint density at radius 2 is 0.860 bits per heavy atom. The number of fused-ring (bicyclic) bond motifs is 9. The molecule has 2 nitrogen and oxygen atoms in total. The third-order valence-corrected chi connectivity index (χ3v) is 12.8. The molecule has 10 aromatic carbocycles. The van der Waals surface area contributed by atoms with Gasteiger partial charge in [0.1, 0.15) is 0 Å². The number of rotatable bonds is 5. The zero-order valence-electron chi connectivity index (χ0n) is 30.9. The van der Waals surface area contributed by atoms with Gasteiger partial charge in [0, 0.05) is 53.7 Å². The van der Waals surface area contributed by atoms with Crippen molar-refractivity contribution in [3.05, 3.63) is 206 Å². The molecular weight excluding hydrogens is 709 g/mol. The molecule has 0 N–H and O–H groups in total. The topological polar surface area (TPSA) is 8.17 Å². The average molecular weight is 743 g/mol. The summed E-state index contributed by atoms with van der Waals surface area (Å²) in [5.74, 6) is 0. The molecule has 0 saturated heterocycles. The Kier molecular flexibility index (Phi) is 7.13. The maximum Gasteiger partial charge on any atom is 0.0561 e. The fraction of sp³-hybridized carbons (Fsp3) is 0. The predicted octanol–water partition coefficient (Wildman–Crippen LogP) is 15.7. The maximum atomic E-state index is 2.43. The van der Waals surface area contributed by atoms with Crippen LogP contribution in [-0.2, 0) is 0 Å². The Labute approximate surface area is 333 Å². The molecule has 0 amide bonds. The molecule has 0 unspecified atom stereocenters. The predicted molar refractivity (Wildman–Crippen MR) is 246 cm³/mol. The highest BCUT2D eigenvalue weighted by molar-refractivity contribution is 7.25. The molecule has 2 aromatic heterocycles. The summed E-state index contributed by atoms with van der Waals surface area (Å²) in [7, 11) is 0.